The molecule has 2 aromatic rings. The molecule has 2 rings (SSSR count). The van der Waals surface area contributed by atoms with E-state index >= 15 is 0 Å². The highest BCUT2D eigenvalue weighted by Crippen LogP contribution is 2.22. The number of hydrogen-bond donors (Lipinski definition) is 2. The fourth-order valence-corrected chi connectivity index (χ4v) is 2.27. The van der Waals surface area contributed by atoms with E-state index in [1.807, 2.05) is 6.92 Å². The summed E-state index contributed by atoms with van der Waals surface area (Å²) in [6, 6.07) is 6.36. The van der Waals surface area contributed by atoms with Gasteiger partial charge in [0.25, 0.3) is 11.8 Å². The van der Waals surface area contributed by atoms with Crippen LogP contribution in [-0.2, 0) is 0 Å². The average Bonchev–Trinajstić information content (AvgIpc) is 2.93. The summed E-state index contributed by atoms with van der Waals surface area (Å²) in [5.41, 5.74) is 1.17. The molecule has 1 aromatic carbocycles. The molecular weight excluding hydrogens is 316 g/mol. The maximum absolute atomic E-state index is 12.3. The second kappa shape index (κ2) is 7.83. The summed E-state index contributed by atoms with van der Waals surface area (Å²) >= 11 is 5.99. The number of nitrogens with one attached hydrogen (secondary N) is 2. The van der Waals surface area contributed by atoms with Gasteiger partial charge in [0.2, 0.25) is 0 Å². The van der Waals surface area contributed by atoms with E-state index in [-0.39, 0.29) is 11.8 Å². The van der Waals surface area contributed by atoms with Crippen molar-refractivity contribution in [2.45, 2.75) is 26.7 Å². The van der Waals surface area contributed by atoms with E-state index in [2.05, 4.69) is 10.6 Å². The van der Waals surface area contributed by atoms with Crippen LogP contribution in [0.2, 0.25) is 5.02 Å². The molecule has 0 fully saturated rings. The number of benzene rings is 1. The van der Waals surface area contributed by atoms with Crippen LogP contribution in [0.3, 0.4) is 0 Å². The maximum Gasteiger partial charge on any atom is 0.259 e. The molecule has 0 unspecified atom stereocenters. The van der Waals surface area contributed by atoms with Crippen LogP contribution < -0.4 is 10.6 Å². The van der Waals surface area contributed by atoms with Crippen LogP contribution in [0.4, 0.5) is 5.69 Å². The molecule has 5 nitrogen and oxygen atoms in total. The van der Waals surface area contributed by atoms with Gasteiger partial charge in [-0.2, -0.15) is 0 Å². The Balaban J connectivity index is 2.20. The summed E-state index contributed by atoms with van der Waals surface area (Å²) < 4.78 is 5.12. The number of carbonyl (C=O) groups is 2. The molecule has 1 heterocycles. The monoisotopic (exact) mass is 334 g/mol. The Morgan fingerprint density at radius 3 is 2.61 bits per heavy atom. The van der Waals surface area contributed by atoms with Crippen LogP contribution in [0.25, 0.3) is 0 Å². The number of furan rings is 1. The van der Waals surface area contributed by atoms with Crippen molar-refractivity contribution in [3.8, 4) is 0 Å². The third kappa shape index (κ3) is 4.36. The van der Waals surface area contributed by atoms with Crippen molar-refractivity contribution in [2.75, 3.05) is 11.9 Å². The first kappa shape index (κ1) is 17.1. The molecule has 2 amide bonds. The van der Waals surface area contributed by atoms with E-state index in [1.54, 1.807) is 31.2 Å². The molecule has 6 heteroatoms. The summed E-state index contributed by atoms with van der Waals surface area (Å²) in [7, 11) is 0. The quantitative estimate of drug-likeness (QED) is 0.784. The van der Waals surface area contributed by atoms with Gasteiger partial charge in [-0.15, -0.1) is 0 Å². The van der Waals surface area contributed by atoms with Crippen molar-refractivity contribution < 1.29 is 14.0 Å². The number of amides is 2. The minimum absolute atomic E-state index is 0.241. The summed E-state index contributed by atoms with van der Waals surface area (Å²) in [5, 5.41) is 5.99. The van der Waals surface area contributed by atoms with Crippen LogP contribution in [0, 0.1) is 6.92 Å². The van der Waals surface area contributed by atoms with E-state index < -0.39 is 0 Å². The summed E-state index contributed by atoms with van der Waals surface area (Å²) in [6.45, 7) is 4.34. The minimum Gasteiger partial charge on any atom is -0.469 e. The predicted molar refractivity (Wildman–Crippen MR) is 90.1 cm³/mol. The lowest BCUT2D eigenvalue weighted by molar-refractivity contribution is 0.0954. The normalized spacial score (nSPS) is 10.4. The van der Waals surface area contributed by atoms with Crippen LogP contribution in [0.5, 0.6) is 0 Å². The second-order valence-electron chi connectivity index (χ2n) is 5.14. The van der Waals surface area contributed by atoms with Crippen molar-refractivity contribution in [2.24, 2.45) is 0 Å². The van der Waals surface area contributed by atoms with E-state index in [9.17, 15) is 9.59 Å². The highest BCUT2D eigenvalue weighted by molar-refractivity contribution is 6.31. The van der Waals surface area contributed by atoms with Crippen molar-refractivity contribution in [1.29, 1.82) is 0 Å². The lowest BCUT2D eigenvalue weighted by atomic mass is 10.1. The van der Waals surface area contributed by atoms with Crippen molar-refractivity contribution in [3.05, 3.63) is 52.4 Å². The van der Waals surface area contributed by atoms with Crippen LogP contribution >= 0.6 is 11.6 Å². The number of unbranched alkanes of at least 4 members (excludes halogenated alkanes) is 1. The number of anilines is 1. The lowest BCUT2D eigenvalue weighted by Gasteiger charge is -2.12. The molecule has 0 radical (unpaired) electrons. The smallest absolute Gasteiger partial charge is 0.259 e. The summed E-state index contributed by atoms with van der Waals surface area (Å²) in [5.74, 6) is -0.0751. The van der Waals surface area contributed by atoms with Gasteiger partial charge < -0.3 is 15.1 Å². The van der Waals surface area contributed by atoms with Gasteiger partial charge in [0.05, 0.1) is 23.1 Å². The Morgan fingerprint density at radius 1 is 1.17 bits per heavy atom. The van der Waals surface area contributed by atoms with E-state index in [4.69, 9.17) is 16.0 Å². The van der Waals surface area contributed by atoms with E-state index in [0.29, 0.717) is 34.1 Å². The Morgan fingerprint density at radius 2 is 1.96 bits per heavy atom. The molecule has 0 spiro atoms. The average molecular weight is 335 g/mol. The Labute approximate surface area is 140 Å². The number of aryl methyl sites for hydroxylation is 1. The zero-order chi connectivity index (χ0) is 16.8. The van der Waals surface area contributed by atoms with Crippen LogP contribution in [0.15, 0.2) is 34.9 Å². The van der Waals surface area contributed by atoms with Gasteiger partial charge in [-0.3, -0.25) is 9.59 Å². The number of rotatable bonds is 6. The highest BCUT2D eigenvalue weighted by atomic mass is 35.5. The van der Waals surface area contributed by atoms with Gasteiger partial charge in [-0.1, -0.05) is 24.9 Å². The van der Waals surface area contributed by atoms with Gasteiger partial charge in [0, 0.05) is 11.6 Å². The first-order valence-corrected chi connectivity index (χ1v) is 7.84. The lowest BCUT2D eigenvalue weighted by Crippen LogP contribution is -2.26. The molecule has 23 heavy (non-hydrogen) atoms. The fraction of sp³-hybridized carbons (Fsp3) is 0.294. The third-order valence-corrected chi connectivity index (χ3v) is 3.63. The molecule has 0 bridgehead atoms. The van der Waals surface area contributed by atoms with Gasteiger partial charge in [0.15, 0.2) is 0 Å². The largest absolute Gasteiger partial charge is 0.469 e. The first-order chi connectivity index (χ1) is 11.0. The van der Waals surface area contributed by atoms with Gasteiger partial charge in [0.1, 0.15) is 5.76 Å². The molecule has 0 atom stereocenters. The maximum atomic E-state index is 12.3. The first-order valence-electron chi connectivity index (χ1n) is 7.46. The zero-order valence-electron chi connectivity index (χ0n) is 13.1. The van der Waals surface area contributed by atoms with E-state index in [0.717, 1.165) is 12.8 Å². The predicted octanol–water partition coefficient (Wildman–Crippen LogP) is 4.02. The number of carbonyl (C=O) groups excluding carboxylic acids is 2. The zero-order valence-corrected chi connectivity index (χ0v) is 13.9. The number of halogens is 1. The Hall–Kier alpha value is -2.27. The summed E-state index contributed by atoms with van der Waals surface area (Å²) in [6.07, 6.45) is 3.33. The molecule has 122 valence electrons. The molecular formula is C17H19ClN2O3. The van der Waals surface area contributed by atoms with Gasteiger partial charge in [-0.05, 0) is 37.6 Å². The molecule has 0 aliphatic carbocycles. The Kier molecular flexibility index (Phi) is 5.82. The minimum atomic E-state index is -0.346. The Bertz CT molecular complexity index is 710. The van der Waals surface area contributed by atoms with Crippen molar-refractivity contribution in [1.82, 2.24) is 5.32 Å². The fourth-order valence-electron chi connectivity index (χ4n) is 2.10. The second-order valence-corrected chi connectivity index (χ2v) is 5.58. The van der Waals surface area contributed by atoms with E-state index in [1.165, 1.54) is 6.26 Å². The highest BCUT2D eigenvalue weighted by Gasteiger charge is 2.17. The van der Waals surface area contributed by atoms with Crippen LogP contribution in [-0.4, -0.2) is 18.4 Å². The standard InChI is InChI=1S/C17H19ClN2O3/c1-3-4-8-19-16(21)14-6-5-12(18)10-15(14)20-17(22)13-7-9-23-11(13)2/h5-7,9-10H,3-4,8H2,1-2H3,(H,19,21)(H,20,22). The van der Waals surface area contributed by atoms with Crippen LogP contribution in [0.1, 0.15) is 46.2 Å². The molecule has 0 aliphatic heterocycles. The van der Waals surface area contributed by atoms with Crippen molar-refractivity contribution >= 4 is 29.1 Å². The summed E-state index contributed by atoms with van der Waals surface area (Å²) in [4.78, 5) is 24.6. The SMILES string of the molecule is CCCCNC(=O)c1ccc(Cl)cc1NC(=O)c1ccoc1C. The molecule has 0 saturated heterocycles. The third-order valence-electron chi connectivity index (χ3n) is 3.39. The van der Waals surface area contributed by atoms with Crippen molar-refractivity contribution in [3.63, 3.8) is 0 Å². The molecule has 2 N–H and O–H groups in total. The topological polar surface area (TPSA) is 71.3 Å². The molecule has 0 aliphatic rings. The number of hydrogen-bond acceptors (Lipinski definition) is 3. The molecule has 1 aromatic heterocycles. The van der Waals surface area contributed by atoms with Gasteiger partial charge >= 0.3 is 0 Å². The van der Waals surface area contributed by atoms with Gasteiger partial charge in [-0.25, -0.2) is 0 Å². The molecule has 0 saturated carbocycles.